The summed E-state index contributed by atoms with van der Waals surface area (Å²) in [5, 5.41) is 11.4. The van der Waals surface area contributed by atoms with Crippen LogP contribution in [0.2, 0.25) is 5.02 Å². The number of fused-ring (bicyclic) bond motifs is 2. The molecule has 15 heteroatoms. The van der Waals surface area contributed by atoms with Crippen LogP contribution in [0.5, 0.6) is 17.2 Å². The third kappa shape index (κ3) is 11.2. The van der Waals surface area contributed by atoms with Gasteiger partial charge in [0.05, 0.1) is 30.0 Å². The molecule has 0 aliphatic carbocycles. The standard InChI is InChI=1S/C38H38ClN3O10S/c1-38(2,3)51-37(45)41-15-8-17-49-32-21-26-11-6-4-9-24(26)19-29(32)35(43)40-16-18-50-33-22-27-12-7-5-10-25(27)20-30(33)36(44)42-31-14-13-28(39)23-34(31)52-53(46,47)48/h4-7,9-14,19-23H,8,15-18H2,1-3H3,(H,40,43)(H,41,45)(H,42,44)(H,46,47,48). The van der Waals surface area contributed by atoms with Crippen LogP contribution in [0, 0.1) is 0 Å². The zero-order valence-corrected chi connectivity index (χ0v) is 30.7. The third-order valence-corrected chi connectivity index (χ3v) is 8.09. The van der Waals surface area contributed by atoms with Crippen LogP contribution in [0.4, 0.5) is 10.5 Å². The van der Waals surface area contributed by atoms with Gasteiger partial charge in [0.1, 0.15) is 23.7 Å². The second-order valence-corrected chi connectivity index (χ2v) is 14.2. The van der Waals surface area contributed by atoms with E-state index >= 15 is 0 Å². The second kappa shape index (κ2) is 16.8. The van der Waals surface area contributed by atoms with Crippen LogP contribution in [0.3, 0.4) is 0 Å². The van der Waals surface area contributed by atoms with Gasteiger partial charge in [-0.05, 0) is 85.1 Å². The summed E-state index contributed by atoms with van der Waals surface area (Å²) in [5.74, 6) is -0.916. The normalized spacial score (nSPS) is 11.5. The summed E-state index contributed by atoms with van der Waals surface area (Å²) < 4.78 is 53.9. The van der Waals surface area contributed by atoms with Gasteiger partial charge >= 0.3 is 16.5 Å². The molecule has 0 bridgehead atoms. The number of ether oxygens (including phenoxy) is 3. The van der Waals surface area contributed by atoms with Crippen LogP contribution >= 0.6 is 11.6 Å². The first-order chi connectivity index (χ1) is 25.1. The Balaban J connectivity index is 1.26. The molecule has 0 aliphatic heterocycles. The Labute approximate surface area is 311 Å². The molecule has 0 unspecified atom stereocenters. The average Bonchev–Trinajstić information content (AvgIpc) is 3.08. The van der Waals surface area contributed by atoms with Gasteiger partial charge in [0.2, 0.25) is 0 Å². The molecular weight excluding hydrogens is 726 g/mol. The number of hydrogen-bond donors (Lipinski definition) is 4. The van der Waals surface area contributed by atoms with E-state index in [4.69, 9.17) is 25.8 Å². The van der Waals surface area contributed by atoms with Crippen molar-refractivity contribution in [3.05, 3.63) is 107 Å². The fraction of sp³-hybridized carbons (Fsp3) is 0.237. The number of benzene rings is 5. The molecule has 0 atom stereocenters. The molecule has 0 spiro atoms. The Hall–Kier alpha value is -5.57. The molecule has 0 saturated heterocycles. The van der Waals surface area contributed by atoms with Gasteiger partial charge in [-0.2, -0.15) is 8.42 Å². The van der Waals surface area contributed by atoms with Crippen molar-refractivity contribution in [2.45, 2.75) is 32.8 Å². The first-order valence-electron chi connectivity index (χ1n) is 16.5. The molecule has 0 radical (unpaired) electrons. The van der Waals surface area contributed by atoms with E-state index in [1.165, 1.54) is 12.1 Å². The fourth-order valence-electron chi connectivity index (χ4n) is 5.18. The Morgan fingerprint density at radius 3 is 1.81 bits per heavy atom. The van der Waals surface area contributed by atoms with Crippen molar-refractivity contribution in [3.8, 4) is 17.2 Å². The molecule has 4 N–H and O–H groups in total. The maximum atomic E-state index is 13.6. The molecule has 0 aromatic heterocycles. The van der Waals surface area contributed by atoms with Crippen molar-refractivity contribution in [1.29, 1.82) is 0 Å². The lowest BCUT2D eigenvalue weighted by atomic mass is 10.0. The SMILES string of the molecule is CC(C)(C)OC(=O)NCCCOc1cc2ccccc2cc1C(=O)NCCOc1cc2ccccc2cc1C(=O)Nc1ccc(Cl)cc1OS(=O)(=O)O. The molecule has 0 aliphatic rings. The predicted octanol–water partition coefficient (Wildman–Crippen LogP) is 7.18. The van der Waals surface area contributed by atoms with E-state index in [2.05, 4.69) is 20.1 Å². The second-order valence-electron chi connectivity index (χ2n) is 12.7. The molecule has 0 saturated carbocycles. The molecule has 5 aromatic carbocycles. The lowest BCUT2D eigenvalue weighted by Crippen LogP contribution is -2.33. The van der Waals surface area contributed by atoms with Crippen molar-refractivity contribution in [1.82, 2.24) is 10.6 Å². The number of amides is 3. The maximum Gasteiger partial charge on any atom is 0.446 e. The zero-order chi connectivity index (χ0) is 38.2. The van der Waals surface area contributed by atoms with Gasteiger partial charge in [0, 0.05) is 17.6 Å². The van der Waals surface area contributed by atoms with Crippen molar-refractivity contribution in [2.75, 3.05) is 31.6 Å². The highest BCUT2D eigenvalue weighted by atomic mass is 35.5. The molecule has 53 heavy (non-hydrogen) atoms. The summed E-state index contributed by atoms with van der Waals surface area (Å²) in [7, 11) is -4.92. The van der Waals surface area contributed by atoms with E-state index in [9.17, 15) is 27.4 Å². The first-order valence-corrected chi connectivity index (χ1v) is 18.2. The van der Waals surface area contributed by atoms with E-state index in [-0.39, 0.29) is 41.8 Å². The molecular formula is C38H38ClN3O10S. The monoisotopic (exact) mass is 763 g/mol. The van der Waals surface area contributed by atoms with Crippen LogP contribution in [0.25, 0.3) is 21.5 Å². The van der Waals surface area contributed by atoms with Crippen LogP contribution in [0.1, 0.15) is 47.9 Å². The number of rotatable bonds is 14. The van der Waals surface area contributed by atoms with E-state index < -0.39 is 39.7 Å². The number of carbonyl (C=O) groups is 3. The Bertz CT molecular complexity index is 2260. The maximum absolute atomic E-state index is 13.6. The van der Waals surface area contributed by atoms with E-state index in [0.29, 0.717) is 24.3 Å². The lowest BCUT2D eigenvalue weighted by Gasteiger charge is -2.19. The number of nitrogens with one attached hydrogen (secondary N) is 3. The molecule has 13 nitrogen and oxygen atoms in total. The fourth-order valence-corrected chi connectivity index (χ4v) is 5.71. The summed E-state index contributed by atoms with van der Waals surface area (Å²) in [6.45, 7) is 5.91. The molecule has 0 fully saturated rings. The third-order valence-electron chi connectivity index (χ3n) is 7.46. The van der Waals surface area contributed by atoms with Crippen LogP contribution in [0.15, 0.2) is 91.0 Å². The zero-order valence-electron chi connectivity index (χ0n) is 29.1. The minimum absolute atomic E-state index is 0.0253. The van der Waals surface area contributed by atoms with Crippen LogP contribution < -0.4 is 29.6 Å². The topological polar surface area (TPSA) is 179 Å². The summed E-state index contributed by atoms with van der Waals surface area (Å²) in [6, 6.07) is 25.5. The Kier molecular flexibility index (Phi) is 12.3. The summed E-state index contributed by atoms with van der Waals surface area (Å²) >= 11 is 5.97. The minimum Gasteiger partial charge on any atom is -0.493 e. The highest BCUT2D eigenvalue weighted by molar-refractivity contribution is 7.81. The molecule has 5 aromatic rings. The average molecular weight is 764 g/mol. The van der Waals surface area contributed by atoms with Crippen molar-refractivity contribution in [3.63, 3.8) is 0 Å². The molecule has 0 heterocycles. The van der Waals surface area contributed by atoms with Crippen LogP contribution in [-0.2, 0) is 15.1 Å². The van der Waals surface area contributed by atoms with E-state index in [0.717, 1.165) is 27.6 Å². The first kappa shape index (κ1) is 38.7. The van der Waals surface area contributed by atoms with Gasteiger partial charge in [0.25, 0.3) is 11.8 Å². The van der Waals surface area contributed by atoms with Gasteiger partial charge in [-0.15, -0.1) is 0 Å². The lowest BCUT2D eigenvalue weighted by molar-refractivity contribution is 0.0525. The van der Waals surface area contributed by atoms with E-state index in [1.807, 2.05) is 48.5 Å². The van der Waals surface area contributed by atoms with E-state index in [1.54, 1.807) is 45.0 Å². The molecule has 5 rings (SSSR count). The largest absolute Gasteiger partial charge is 0.493 e. The number of hydrogen-bond acceptors (Lipinski definition) is 9. The highest BCUT2D eigenvalue weighted by Gasteiger charge is 2.20. The van der Waals surface area contributed by atoms with Gasteiger partial charge in [-0.3, -0.25) is 14.1 Å². The van der Waals surface area contributed by atoms with Gasteiger partial charge < -0.3 is 34.3 Å². The Morgan fingerprint density at radius 1 is 0.698 bits per heavy atom. The molecule has 278 valence electrons. The number of anilines is 1. The number of carbonyl (C=O) groups excluding carboxylic acids is 3. The minimum atomic E-state index is -4.92. The van der Waals surface area contributed by atoms with Gasteiger partial charge in [0.15, 0.2) is 5.75 Å². The summed E-state index contributed by atoms with van der Waals surface area (Å²) in [5.41, 5.74) is -0.273. The van der Waals surface area contributed by atoms with Crippen molar-refractivity contribution >= 4 is 67.1 Å². The van der Waals surface area contributed by atoms with Crippen LogP contribution in [-0.4, -0.2) is 62.8 Å². The summed E-state index contributed by atoms with van der Waals surface area (Å²) in [4.78, 5) is 39.0. The number of halogens is 1. The summed E-state index contributed by atoms with van der Waals surface area (Å²) in [6.07, 6.45) is -0.0573. The molecule has 3 amide bonds. The number of alkyl carbamates (subject to hydrolysis) is 1. The Morgan fingerprint density at radius 2 is 1.25 bits per heavy atom. The van der Waals surface area contributed by atoms with Crippen molar-refractivity contribution < 1.29 is 45.7 Å². The van der Waals surface area contributed by atoms with Gasteiger partial charge in [-0.25, -0.2) is 4.79 Å². The highest BCUT2D eigenvalue weighted by Crippen LogP contribution is 2.32. The predicted molar refractivity (Wildman–Crippen MR) is 202 cm³/mol. The van der Waals surface area contributed by atoms with Crippen molar-refractivity contribution in [2.24, 2.45) is 0 Å². The smallest absolute Gasteiger partial charge is 0.446 e. The van der Waals surface area contributed by atoms with Gasteiger partial charge in [-0.1, -0.05) is 60.1 Å². The quantitative estimate of drug-likeness (QED) is 0.0669.